The van der Waals surface area contributed by atoms with E-state index >= 15 is 0 Å². The topological polar surface area (TPSA) is 78.4 Å². The van der Waals surface area contributed by atoms with Gasteiger partial charge in [-0.15, -0.1) is 0 Å². The number of carboxylic acid groups (broad SMARTS) is 1. The van der Waals surface area contributed by atoms with Gasteiger partial charge < -0.3 is 15.7 Å². The van der Waals surface area contributed by atoms with E-state index in [4.69, 9.17) is 5.11 Å². The molecule has 0 bridgehead atoms. The molecule has 0 aliphatic carbocycles. The minimum atomic E-state index is -0.932. The molecule has 1 aromatic rings. The Kier molecular flexibility index (Phi) is 7.68. The van der Waals surface area contributed by atoms with Crippen LogP contribution in [0.3, 0.4) is 0 Å². The Morgan fingerprint density at radius 1 is 1.29 bits per heavy atom. The van der Waals surface area contributed by atoms with Crippen LogP contribution in [0.15, 0.2) is 24.3 Å². The highest BCUT2D eigenvalue weighted by Gasteiger charge is 2.06. The molecule has 1 atom stereocenters. The third-order valence-electron chi connectivity index (χ3n) is 2.85. The van der Waals surface area contributed by atoms with Crippen LogP contribution in [0.2, 0.25) is 0 Å². The quantitative estimate of drug-likeness (QED) is 0.689. The van der Waals surface area contributed by atoms with Crippen molar-refractivity contribution in [2.24, 2.45) is 0 Å². The number of benzene rings is 1. The van der Waals surface area contributed by atoms with Crippen molar-refractivity contribution in [3.63, 3.8) is 0 Å². The first-order valence-corrected chi connectivity index (χ1v) is 8.12. The predicted octanol–water partition coefficient (Wildman–Crippen LogP) is 2.37. The fourth-order valence-electron chi connectivity index (χ4n) is 1.75. The van der Waals surface area contributed by atoms with Crippen molar-refractivity contribution < 1.29 is 14.7 Å². The number of hydrogen-bond acceptors (Lipinski definition) is 3. The minimum Gasteiger partial charge on any atom is -0.478 e. The van der Waals surface area contributed by atoms with E-state index in [0.717, 1.165) is 17.1 Å². The summed E-state index contributed by atoms with van der Waals surface area (Å²) in [4.78, 5) is 22.4. The monoisotopic (exact) mass is 310 g/mol. The van der Waals surface area contributed by atoms with Gasteiger partial charge in [0.05, 0.1) is 5.56 Å². The molecule has 0 fully saturated rings. The van der Waals surface area contributed by atoms with Gasteiger partial charge in [-0.05, 0) is 36.8 Å². The molecule has 21 heavy (non-hydrogen) atoms. The number of hydrogen-bond donors (Lipinski definition) is 3. The van der Waals surface area contributed by atoms with Gasteiger partial charge in [0.15, 0.2) is 0 Å². The largest absolute Gasteiger partial charge is 0.478 e. The van der Waals surface area contributed by atoms with Crippen LogP contribution in [0.1, 0.15) is 29.8 Å². The molecule has 0 aliphatic heterocycles. The van der Waals surface area contributed by atoms with Crippen molar-refractivity contribution in [3.05, 3.63) is 35.4 Å². The number of amides is 2. The van der Waals surface area contributed by atoms with Gasteiger partial charge in [0.2, 0.25) is 0 Å². The number of carbonyl (C=O) groups excluding carboxylic acids is 1. The molecule has 0 spiro atoms. The number of rotatable bonds is 8. The molecule has 0 aromatic heterocycles. The van der Waals surface area contributed by atoms with E-state index in [1.807, 2.05) is 6.92 Å². The average Bonchev–Trinajstić information content (AvgIpc) is 2.45. The number of carbonyl (C=O) groups is 2. The smallest absolute Gasteiger partial charge is 0.335 e. The normalized spacial score (nSPS) is 11.7. The van der Waals surface area contributed by atoms with Crippen LogP contribution in [0.25, 0.3) is 0 Å². The standard InChI is InChI=1S/C15H22N2O3S/c1-3-21-10-11(2)17-15(20)16-9-8-12-4-6-13(7-5-12)14(18)19/h4-7,11H,3,8-10H2,1-2H3,(H,18,19)(H2,16,17,20). The molecule has 1 rings (SSSR count). The van der Waals surface area contributed by atoms with Crippen LogP contribution in [-0.4, -0.2) is 41.2 Å². The molecule has 0 saturated carbocycles. The van der Waals surface area contributed by atoms with E-state index in [1.54, 1.807) is 36.0 Å². The maximum atomic E-state index is 11.6. The third kappa shape index (κ3) is 7.04. The molecule has 6 heteroatoms. The zero-order valence-corrected chi connectivity index (χ0v) is 13.2. The average molecular weight is 310 g/mol. The molecule has 116 valence electrons. The lowest BCUT2D eigenvalue weighted by molar-refractivity contribution is 0.0697. The van der Waals surface area contributed by atoms with Gasteiger partial charge in [-0.3, -0.25) is 0 Å². The maximum absolute atomic E-state index is 11.6. The molecule has 0 heterocycles. The zero-order chi connectivity index (χ0) is 15.7. The maximum Gasteiger partial charge on any atom is 0.335 e. The van der Waals surface area contributed by atoms with Crippen molar-refractivity contribution in [2.45, 2.75) is 26.3 Å². The van der Waals surface area contributed by atoms with Crippen LogP contribution in [-0.2, 0) is 6.42 Å². The lowest BCUT2D eigenvalue weighted by Gasteiger charge is -2.14. The number of nitrogens with one attached hydrogen (secondary N) is 2. The summed E-state index contributed by atoms with van der Waals surface area (Å²) in [5.41, 5.74) is 1.27. The Balaban J connectivity index is 2.26. The Morgan fingerprint density at radius 3 is 2.52 bits per heavy atom. The molecule has 2 amide bonds. The Morgan fingerprint density at radius 2 is 1.95 bits per heavy atom. The fraction of sp³-hybridized carbons (Fsp3) is 0.467. The highest BCUT2D eigenvalue weighted by atomic mass is 32.2. The van der Waals surface area contributed by atoms with Crippen LogP contribution < -0.4 is 10.6 Å². The summed E-state index contributed by atoms with van der Waals surface area (Å²) in [6, 6.07) is 6.66. The Hall–Kier alpha value is -1.69. The number of urea groups is 1. The van der Waals surface area contributed by atoms with E-state index in [1.165, 1.54) is 0 Å². The second-order valence-corrected chi connectivity index (χ2v) is 6.03. The molecule has 5 nitrogen and oxygen atoms in total. The molecule has 0 radical (unpaired) electrons. The van der Waals surface area contributed by atoms with Gasteiger partial charge in [0.25, 0.3) is 0 Å². The fourth-order valence-corrected chi connectivity index (χ4v) is 2.42. The summed E-state index contributed by atoms with van der Waals surface area (Å²) < 4.78 is 0. The lowest BCUT2D eigenvalue weighted by atomic mass is 10.1. The van der Waals surface area contributed by atoms with Crippen LogP contribution in [0.5, 0.6) is 0 Å². The van der Waals surface area contributed by atoms with Gasteiger partial charge in [-0.2, -0.15) is 11.8 Å². The first kappa shape index (κ1) is 17.4. The highest BCUT2D eigenvalue weighted by molar-refractivity contribution is 7.99. The van der Waals surface area contributed by atoms with E-state index in [0.29, 0.717) is 13.0 Å². The molecular weight excluding hydrogens is 288 g/mol. The minimum absolute atomic E-state index is 0.143. The first-order valence-electron chi connectivity index (χ1n) is 6.97. The van der Waals surface area contributed by atoms with Crippen molar-refractivity contribution in [3.8, 4) is 0 Å². The molecule has 0 saturated heterocycles. The van der Waals surface area contributed by atoms with Gasteiger partial charge in [-0.1, -0.05) is 19.1 Å². The second kappa shape index (κ2) is 9.28. The molecular formula is C15H22N2O3S. The lowest BCUT2D eigenvalue weighted by Crippen LogP contribution is -2.42. The first-order chi connectivity index (χ1) is 10.0. The highest BCUT2D eigenvalue weighted by Crippen LogP contribution is 2.05. The zero-order valence-electron chi connectivity index (χ0n) is 12.4. The Bertz CT molecular complexity index is 462. The number of carboxylic acids is 1. The summed E-state index contributed by atoms with van der Waals surface area (Å²) in [5.74, 6) is 1.01. The van der Waals surface area contributed by atoms with Gasteiger partial charge >= 0.3 is 12.0 Å². The second-order valence-electron chi connectivity index (χ2n) is 4.71. The van der Waals surface area contributed by atoms with Gasteiger partial charge in [-0.25, -0.2) is 9.59 Å². The van der Waals surface area contributed by atoms with Crippen LogP contribution >= 0.6 is 11.8 Å². The molecule has 0 aliphatic rings. The van der Waals surface area contributed by atoms with E-state index in [9.17, 15) is 9.59 Å². The number of thioether (sulfide) groups is 1. The molecule has 1 aromatic carbocycles. The van der Waals surface area contributed by atoms with Crippen LogP contribution in [0, 0.1) is 0 Å². The van der Waals surface area contributed by atoms with Crippen molar-refractivity contribution in [1.29, 1.82) is 0 Å². The number of aromatic carboxylic acids is 1. The molecule has 3 N–H and O–H groups in total. The summed E-state index contributed by atoms with van der Waals surface area (Å²) in [7, 11) is 0. The predicted molar refractivity (Wildman–Crippen MR) is 86.1 cm³/mol. The van der Waals surface area contributed by atoms with Gasteiger partial charge in [0.1, 0.15) is 0 Å². The summed E-state index contributed by atoms with van der Waals surface area (Å²) in [5, 5.41) is 14.5. The summed E-state index contributed by atoms with van der Waals surface area (Å²) in [6.45, 7) is 4.59. The van der Waals surface area contributed by atoms with E-state index in [2.05, 4.69) is 17.6 Å². The van der Waals surface area contributed by atoms with Crippen molar-refractivity contribution in [2.75, 3.05) is 18.1 Å². The van der Waals surface area contributed by atoms with Crippen LogP contribution in [0.4, 0.5) is 4.79 Å². The Labute approximate surface area is 129 Å². The van der Waals surface area contributed by atoms with Crippen molar-refractivity contribution in [1.82, 2.24) is 10.6 Å². The third-order valence-corrected chi connectivity index (χ3v) is 3.99. The van der Waals surface area contributed by atoms with Crippen molar-refractivity contribution >= 4 is 23.8 Å². The summed E-state index contributed by atoms with van der Waals surface area (Å²) >= 11 is 1.79. The van der Waals surface area contributed by atoms with Gasteiger partial charge in [0, 0.05) is 18.3 Å². The van der Waals surface area contributed by atoms with E-state index < -0.39 is 5.97 Å². The van der Waals surface area contributed by atoms with E-state index in [-0.39, 0.29) is 17.6 Å². The molecule has 1 unspecified atom stereocenters. The SMILES string of the molecule is CCSCC(C)NC(=O)NCCc1ccc(C(=O)O)cc1. The summed E-state index contributed by atoms with van der Waals surface area (Å²) in [6.07, 6.45) is 0.672.